The number of unbranched alkanes of at least 4 members (excludes halogenated alkanes) is 2. The van der Waals surface area contributed by atoms with Crippen molar-refractivity contribution in [2.24, 2.45) is 17.3 Å². The lowest BCUT2D eigenvalue weighted by Gasteiger charge is -2.45. The summed E-state index contributed by atoms with van der Waals surface area (Å²) in [5, 5.41) is 0.793. The molecule has 0 unspecified atom stereocenters. The molecule has 1 aromatic heterocycles. The van der Waals surface area contributed by atoms with Crippen molar-refractivity contribution in [1.29, 1.82) is 0 Å². The van der Waals surface area contributed by atoms with Crippen molar-refractivity contribution in [1.82, 2.24) is 9.88 Å². The minimum Gasteiger partial charge on any atom is -0.457 e. The lowest BCUT2D eigenvalue weighted by Crippen LogP contribution is -2.52. The molecule has 374 valence electrons. The van der Waals surface area contributed by atoms with E-state index in [1.165, 1.54) is 17.1 Å². The number of carbonyl (C=O) groups excluding carboxylic acids is 6. The molecule has 0 saturated heterocycles. The number of nitrogens with zero attached hydrogens (tertiary/aromatic N) is 2. The van der Waals surface area contributed by atoms with E-state index in [0.717, 1.165) is 45.6 Å². The second-order valence-electron chi connectivity index (χ2n) is 20.6. The second kappa shape index (κ2) is 24.0. The zero-order valence-electron chi connectivity index (χ0n) is 42.2. The number of ketones is 1. The Hall–Kier alpha value is -5.25. The van der Waals surface area contributed by atoms with Gasteiger partial charge in [-0.1, -0.05) is 70.0 Å². The minimum atomic E-state index is -2.42. The number of cyclic esters (lactones) is 1. The Kier molecular flexibility index (Phi) is 19.1. The highest BCUT2D eigenvalue weighted by Gasteiger charge is 2.49. The van der Waals surface area contributed by atoms with E-state index < -0.39 is 62.5 Å². The third-order valence-electron chi connectivity index (χ3n) is 13.7. The number of esters is 2. The van der Waals surface area contributed by atoms with Crippen molar-refractivity contribution in [3.05, 3.63) is 95.1 Å². The summed E-state index contributed by atoms with van der Waals surface area (Å²) in [5.41, 5.74) is 1.92. The smallest absolute Gasteiger partial charge is 0.457 e. The van der Waals surface area contributed by atoms with Gasteiger partial charge in [-0.05, 0) is 126 Å². The average Bonchev–Trinajstić information content (AvgIpc) is 3.82. The monoisotopic (exact) mass is 984 g/mol. The third-order valence-corrected chi connectivity index (χ3v) is 19.2. The number of carbonyl (C=O) groups is 6. The molecule has 0 bridgehead atoms. The number of imide groups is 1. The highest BCUT2D eigenvalue weighted by molar-refractivity contribution is 7.18. The Balaban J connectivity index is 1.34. The normalized spacial score (nSPS) is 22.8. The van der Waals surface area contributed by atoms with Crippen molar-refractivity contribution < 1.29 is 52.1 Å². The molecule has 5 atom stereocenters. The maximum absolute atomic E-state index is 15.3. The number of amides is 2. The molecule has 2 aliphatic heterocycles. The number of hydrogen-bond donors (Lipinski definition) is 0. The summed E-state index contributed by atoms with van der Waals surface area (Å²) in [6, 6.07) is 12.4. The summed E-state index contributed by atoms with van der Waals surface area (Å²) in [6.45, 7) is 24.6. The summed E-state index contributed by atoms with van der Waals surface area (Å²) in [7, 11) is -2.42. The van der Waals surface area contributed by atoms with Crippen LogP contribution in [0.15, 0.2) is 78.9 Å². The Morgan fingerprint density at radius 2 is 1.70 bits per heavy atom. The van der Waals surface area contributed by atoms with Gasteiger partial charge in [0.2, 0.25) is 0 Å². The number of allylic oxidation sites excluding steroid dienone is 2. The van der Waals surface area contributed by atoms with E-state index in [-0.39, 0.29) is 41.6 Å². The van der Waals surface area contributed by atoms with E-state index in [9.17, 15) is 24.0 Å². The van der Waals surface area contributed by atoms with Gasteiger partial charge in [0.25, 0.3) is 11.8 Å². The van der Waals surface area contributed by atoms with Gasteiger partial charge in [-0.2, -0.15) is 0 Å². The third kappa shape index (κ3) is 15.1. The van der Waals surface area contributed by atoms with Crippen LogP contribution in [0.3, 0.4) is 0 Å². The van der Waals surface area contributed by atoms with E-state index in [1.54, 1.807) is 55.5 Å². The SMILES string of the molecule is C=CC[C@H]1C(=O)C(C)(C)[C@@H](OC(=O)OCc2ccc(OC(=O)CCCCCN3C(=O)C=CC3=O)cc2)CC(=O)O[C@H](c2ccc3sc(C)nc3c2)C/C=C(/C)CCC[C@H](C)[C@@H]1O[Si](C)(C)C(C)(C)C. The van der Waals surface area contributed by atoms with E-state index in [1.807, 2.05) is 25.1 Å². The van der Waals surface area contributed by atoms with Crippen LogP contribution in [0.1, 0.15) is 135 Å². The molecule has 69 heavy (non-hydrogen) atoms. The summed E-state index contributed by atoms with van der Waals surface area (Å²) in [6.07, 6.45) is 7.57. The summed E-state index contributed by atoms with van der Waals surface area (Å²) in [4.78, 5) is 85.1. The van der Waals surface area contributed by atoms with Crippen LogP contribution < -0.4 is 4.74 Å². The molecule has 0 spiro atoms. The number of Topliss-reactive ketones (excluding diaryl/α,β-unsaturated/α-hetero) is 1. The molecule has 2 aliphatic rings. The number of hydrogen-bond acceptors (Lipinski definition) is 13. The predicted octanol–water partition coefficient (Wildman–Crippen LogP) is 12.0. The van der Waals surface area contributed by atoms with Crippen molar-refractivity contribution in [3.63, 3.8) is 0 Å². The van der Waals surface area contributed by atoms with E-state index >= 15 is 4.79 Å². The molecular weight excluding hydrogens is 913 g/mol. The first-order valence-electron chi connectivity index (χ1n) is 24.2. The maximum Gasteiger partial charge on any atom is 0.508 e. The molecule has 0 radical (unpaired) electrons. The molecule has 0 aliphatic carbocycles. The van der Waals surface area contributed by atoms with E-state index in [0.29, 0.717) is 50.0 Å². The number of ether oxygens (including phenoxy) is 4. The van der Waals surface area contributed by atoms with Crippen LogP contribution in [0.25, 0.3) is 10.2 Å². The molecule has 15 heteroatoms. The average molecular weight is 985 g/mol. The molecule has 2 amide bonds. The number of aryl methyl sites for hydroxylation is 1. The fourth-order valence-electron chi connectivity index (χ4n) is 8.41. The quantitative estimate of drug-likeness (QED) is 0.0354. The van der Waals surface area contributed by atoms with Crippen LogP contribution in [0.4, 0.5) is 4.79 Å². The molecule has 3 aromatic rings. The van der Waals surface area contributed by atoms with Gasteiger partial charge in [-0.15, -0.1) is 17.9 Å². The van der Waals surface area contributed by atoms with Crippen LogP contribution >= 0.6 is 11.3 Å². The van der Waals surface area contributed by atoms with E-state index in [4.69, 9.17) is 23.4 Å². The van der Waals surface area contributed by atoms with Crippen LogP contribution in [0.5, 0.6) is 5.75 Å². The molecular formula is C54H72N2O11SSi. The zero-order chi connectivity index (χ0) is 50.7. The largest absolute Gasteiger partial charge is 0.508 e. The molecule has 3 heterocycles. The van der Waals surface area contributed by atoms with Gasteiger partial charge in [0, 0.05) is 37.5 Å². The highest BCUT2D eigenvalue weighted by Crippen LogP contribution is 2.43. The van der Waals surface area contributed by atoms with Gasteiger partial charge in [0.05, 0.1) is 33.2 Å². The fourth-order valence-corrected chi connectivity index (χ4v) is 10.6. The molecule has 5 rings (SSSR count). The minimum absolute atomic E-state index is 0.00883. The Morgan fingerprint density at radius 3 is 2.36 bits per heavy atom. The van der Waals surface area contributed by atoms with Gasteiger partial charge in [0.15, 0.2) is 8.32 Å². The predicted molar refractivity (Wildman–Crippen MR) is 270 cm³/mol. The Bertz CT molecular complexity index is 2380. The van der Waals surface area contributed by atoms with Crippen molar-refractivity contribution in [2.45, 2.75) is 163 Å². The maximum atomic E-state index is 15.3. The summed E-state index contributed by atoms with van der Waals surface area (Å²) in [5.74, 6) is -2.31. The van der Waals surface area contributed by atoms with E-state index in [2.05, 4.69) is 65.4 Å². The van der Waals surface area contributed by atoms with Crippen molar-refractivity contribution in [3.8, 4) is 5.75 Å². The van der Waals surface area contributed by atoms with Gasteiger partial charge in [-0.3, -0.25) is 28.9 Å². The topological polar surface area (TPSA) is 165 Å². The lowest BCUT2D eigenvalue weighted by molar-refractivity contribution is -0.157. The van der Waals surface area contributed by atoms with Crippen LogP contribution in [-0.2, 0) is 49.2 Å². The first-order chi connectivity index (χ1) is 32.5. The molecule has 0 N–H and O–H groups in total. The number of thiazole rings is 1. The van der Waals surface area contributed by atoms with Crippen LogP contribution in [0.2, 0.25) is 18.1 Å². The van der Waals surface area contributed by atoms with Gasteiger partial charge in [0.1, 0.15) is 30.3 Å². The number of benzene rings is 2. The van der Waals surface area contributed by atoms with Crippen molar-refractivity contribution in [2.75, 3.05) is 6.54 Å². The molecule has 2 aromatic carbocycles. The number of rotatable bonds is 15. The Morgan fingerprint density at radius 1 is 1.00 bits per heavy atom. The first kappa shape index (κ1) is 54.7. The second-order valence-corrected chi connectivity index (χ2v) is 26.6. The number of aromatic nitrogens is 1. The standard InChI is InChI=1S/C54H72N2O11SSi/c1-12-17-41-50(67-69(10,11)53(5,6)7)36(3)19-16-18-35(2)21-27-43(39-24-28-44-42(32-39)55-37(4)68-44)65-49(60)33-45(54(8,9)51(41)61)66-52(62)63-34-38-22-25-40(26-23-38)64-48(59)20-14-13-15-31-56-46(57)29-30-47(56)58/h12,21-26,28-30,32,36,41,43,45,50H,1,13-20,27,31,33-34H2,2-11H3/b35-21-/t36-,41+,43-,45-,50-/m0/s1. The lowest BCUT2D eigenvalue weighted by atomic mass is 9.71. The van der Waals surface area contributed by atoms with Crippen molar-refractivity contribution >= 4 is 65.6 Å². The Labute approximate surface area is 413 Å². The fraction of sp³-hybridized carbons (Fsp3) is 0.537. The zero-order valence-corrected chi connectivity index (χ0v) is 44.0. The van der Waals surface area contributed by atoms with Gasteiger partial charge in [-0.25, -0.2) is 9.78 Å². The first-order valence-corrected chi connectivity index (χ1v) is 27.9. The van der Waals surface area contributed by atoms with Gasteiger partial charge >= 0.3 is 18.1 Å². The number of fused-ring (bicyclic) bond motifs is 1. The summed E-state index contributed by atoms with van der Waals surface area (Å²) < 4.78 is 31.6. The van der Waals surface area contributed by atoms with Gasteiger partial charge < -0.3 is 23.4 Å². The highest BCUT2D eigenvalue weighted by atomic mass is 32.1. The molecule has 13 nitrogen and oxygen atoms in total. The van der Waals surface area contributed by atoms with Crippen LogP contribution in [-0.4, -0.2) is 72.6 Å². The summed E-state index contributed by atoms with van der Waals surface area (Å²) >= 11 is 1.59. The van der Waals surface area contributed by atoms with Crippen LogP contribution in [0, 0.1) is 24.2 Å². The molecule has 0 saturated carbocycles. The molecule has 0 fully saturated rings.